The first-order valence-corrected chi connectivity index (χ1v) is 7.02. The lowest BCUT2D eigenvalue weighted by atomic mass is 10.1. The fourth-order valence-electron chi connectivity index (χ4n) is 2.03. The van der Waals surface area contributed by atoms with Gasteiger partial charge in [0.15, 0.2) is 0 Å². The summed E-state index contributed by atoms with van der Waals surface area (Å²) in [6, 6.07) is 6.53. The molecule has 0 aliphatic heterocycles. The van der Waals surface area contributed by atoms with E-state index in [2.05, 4.69) is 10.6 Å². The van der Waals surface area contributed by atoms with Crippen LogP contribution in [0.25, 0.3) is 0 Å². The van der Waals surface area contributed by atoms with Crippen LogP contribution in [0.1, 0.15) is 32.4 Å². The number of benzene rings is 1. The number of nitrogens with two attached hydrogens (primary N) is 1. The van der Waals surface area contributed by atoms with Gasteiger partial charge in [-0.1, -0.05) is 12.1 Å². The highest BCUT2D eigenvalue weighted by atomic mass is 16.2. The fourth-order valence-corrected chi connectivity index (χ4v) is 2.03. The second-order valence-corrected chi connectivity index (χ2v) is 5.07. The van der Waals surface area contributed by atoms with E-state index in [0.717, 1.165) is 5.56 Å². The number of likely N-dealkylation sites (N-methyl/N-ethyl adjacent to an activating group) is 1. The average Bonchev–Trinajstić information content (AvgIpc) is 2.45. The number of urea groups is 1. The van der Waals surface area contributed by atoms with Gasteiger partial charge in [-0.05, 0) is 38.5 Å². The Morgan fingerprint density at radius 2 is 1.81 bits per heavy atom. The predicted molar refractivity (Wildman–Crippen MR) is 84.0 cm³/mol. The molecule has 6 heteroatoms. The van der Waals surface area contributed by atoms with Gasteiger partial charge in [0.2, 0.25) is 5.91 Å². The molecule has 0 spiro atoms. The maximum absolute atomic E-state index is 12.0. The Hall–Kier alpha value is -2.08. The summed E-state index contributed by atoms with van der Waals surface area (Å²) in [6.07, 6.45) is 0. The smallest absolute Gasteiger partial charge is 0.316 e. The molecule has 1 rings (SSSR count). The first-order valence-electron chi connectivity index (χ1n) is 7.02. The zero-order chi connectivity index (χ0) is 16.0. The summed E-state index contributed by atoms with van der Waals surface area (Å²) >= 11 is 0. The molecule has 0 fully saturated rings. The first-order chi connectivity index (χ1) is 9.85. The molecule has 0 saturated carbocycles. The normalized spacial score (nSPS) is 13.3. The number of hydrogen-bond acceptors (Lipinski definition) is 3. The van der Waals surface area contributed by atoms with E-state index in [1.807, 2.05) is 32.9 Å². The van der Waals surface area contributed by atoms with Crippen molar-refractivity contribution in [2.45, 2.75) is 32.9 Å². The number of primary amides is 1. The predicted octanol–water partition coefficient (Wildman–Crippen LogP) is 1.69. The van der Waals surface area contributed by atoms with Crippen LogP contribution in [0.3, 0.4) is 0 Å². The Balaban J connectivity index is 2.64. The third-order valence-corrected chi connectivity index (χ3v) is 3.40. The van der Waals surface area contributed by atoms with E-state index in [0.29, 0.717) is 12.2 Å². The zero-order valence-electron chi connectivity index (χ0n) is 13.0. The first kappa shape index (κ1) is 17.0. The third-order valence-electron chi connectivity index (χ3n) is 3.40. The topological polar surface area (TPSA) is 87.5 Å². The second kappa shape index (κ2) is 7.64. The summed E-state index contributed by atoms with van der Waals surface area (Å²) in [4.78, 5) is 24.5. The Labute approximate surface area is 125 Å². The standard InChI is InChI=1S/C15H24N4O2/c1-5-19(4)14(20)11(3)17-10(2)12-6-8-13(9-7-12)18-15(16)21/h6-11,17H,5H2,1-4H3,(H3,16,18,21). The summed E-state index contributed by atoms with van der Waals surface area (Å²) < 4.78 is 0. The van der Waals surface area contributed by atoms with Crippen LogP contribution in [0.2, 0.25) is 0 Å². The SMILES string of the molecule is CCN(C)C(=O)C(C)NC(C)c1ccc(NC(N)=O)cc1. The van der Waals surface area contributed by atoms with Gasteiger partial charge < -0.3 is 16.0 Å². The quantitative estimate of drug-likeness (QED) is 0.745. The van der Waals surface area contributed by atoms with Crippen molar-refractivity contribution in [2.75, 3.05) is 18.9 Å². The summed E-state index contributed by atoms with van der Waals surface area (Å²) in [6.45, 7) is 6.48. The van der Waals surface area contributed by atoms with E-state index in [9.17, 15) is 9.59 Å². The monoisotopic (exact) mass is 292 g/mol. The highest BCUT2D eigenvalue weighted by Crippen LogP contribution is 2.16. The van der Waals surface area contributed by atoms with Crippen LogP contribution < -0.4 is 16.4 Å². The molecule has 0 heterocycles. The Morgan fingerprint density at radius 3 is 2.29 bits per heavy atom. The third kappa shape index (κ3) is 5.07. The van der Waals surface area contributed by atoms with E-state index in [1.54, 1.807) is 24.1 Å². The van der Waals surface area contributed by atoms with Gasteiger partial charge in [-0.25, -0.2) is 4.79 Å². The summed E-state index contributed by atoms with van der Waals surface area (Å²) in [5.41, 5.74) is 6.74. The molecule has 0 aliphatic rings. The van der Waals surface area contributed by atoms with Gasteiger partial charge in [-0.15, -0.1) is 0 Å². The zero-order valence-corrected chi connectivity index (χ0v) is 13.0. The lowest BCUT2D eigenvalue weighted by Crippen LogP contribution is -2.43. The molecule has 0 aromatic heterocycles. The number of hydrogen-bond donors (Lipinski definition) is 3. The second-order valence-electron chi connectivity index (χ2n) is 5.07. The van der Waals surface area contributed by atoms with Crippen molar-refractivity contribution < 1.29 is 9.59 Å². The molecule has 1 aromatic rings. The molecule has 0 radical (unpaired) electrons. The fraction of sp³-hybridized carbons (Fsp3) is 0.467. The molecule has 0 aliphatic carbocycles. The molecular formula is C15H24N4O2. The molecule has 0 saturated heterocycles. The van der Waals surface area contributed by atoms with Gasteiger partial charge in [0.1, 0.15) is 0 Å². The van der Waals surface area contributed by atoms with Gasteiger partial charge >= 0.3 is 6.03 Å². The minimum absolute atomic E-state index is 0.0248. The molecule has 1 aromatic carbocycles. The van der Waals surface area contributed by atoms with Crippen LogP contribution >= 0.6 is 0 Å². The molecule has 0 bridgehead atoms. The number of rotatable bonds is 6. The lowest BCUT2D eigenvalue weighted by molar-refractivity contribution is -0.131. The maximum atomic E-state index is 12.0. The minimum Gasteiger partial charge on any atom is -0.351 e. The van der Waals surface area contributed by atoms with E-state index < -0.39 is 6.03 Å². The van der Waals surface area contributed by atoms with Crippen LogP contribution in [0.15, 0.2) is 24.3 Å². The molecule has 116 valence electrons. The van der Waals surface area contributed by atoms with Crippen molar-refractivity contribution in [3.05, 3.63) is 29.8 Å². The van der Waals surface area contributed by atoms with Gasteiger partial charge in [-0.2, -0.15) is 0 Å². The highest BCUT2D eigenvalue weighted by molar-refractivity contribution is 5.87. The summed E-state index contributed by atoms with van der Waals surface area (Å²) in [7, 11) is 1.79. The van der Waals surface area contributed by atoms with Crippen molar-refractivity contribution in [1.82, 2.24) is 10.2 Å². The van der Waals surface area contributed by atoms with Gasteiger partial charge in [0.25, 0.3) is 0 Å². The van der Waals surface area contributed by atoms with E-state index in [4.69, 9.17) is 5.73 Å². The van der Waals surface area contributed by atoms with Crippen molar-refractivity contribution in [3.63, 3.8) is 0 Å². The number of carbonyl (C=O) groups excluding carboxylic acids is 2. The molecular weight excluding hydrogens is 268 g/mol. The van der Waals surface area contributed by atoms with Gasteiger partial charge in [-0.3, -0.25) is 10.1 Å². The number of nitrogens with one attached hydrogen (secondary N) is 2. The Bertz CT molecular complexity index is 487. The van der Waals surface area contributed by atoms with Crippen molar-refractivity contribution in [2.24, 2.45) is 5.73 Å². The van der Waals surface area contributed by atoms with Crippen molar-refractivity contribution in [3.8, 4) is 0 Å². The lowest BCUT2D eigenvalue weighted by Gasteiger charge is -2.24. The Kier molecular flexibility index (Phi) is 6.17. The van der Waals surface area contributed by atoms with Crippen molar-refractivity contribution >= 4 is 17.6 Å². The molecule has 2 unspecified atom stereocenters. The number of carbonyl (C=O) groups is 2. The molecule has 4 N–H and O–H groups in total. The van der Waals surface area contributed by atoms with E-state index in [-0.39, 0.29) is 18.0 Å². The number of anilines is 1. The summed E-state index contributed by atoms with van der Waals surface area (Å²) in [5, 5.41) is 5.78. The minimum atomic E-state index is -0.587. The van der Waals surface area contributed by atoms with Crippen LogP contribution in [-0.2, 0) is 4.79 Å². The molecule has 3 amide bonds. The largest absolute Gasteiger partial charge is 0.351 e. The summed E-state index contributed by atoms with van der Waals surface area (Å²) in [5.74, 6) is 0.0661. The van der Waals surface area contributed by atoms with E-state index >= 15 is 0 Å². The van der Waals surface area contributed by atoms with E-state index in [1.165, 1.54) is 0 Å². The molecule has 21 heavy (non-hydrogen) atoms. The van der Waals surface area contributed by atoms with Crippen LogP contribution in [0.4, 0.5) is 10.5 Å². The molecule has 2 atom stereocenters. The van der Waals surface area contributed by atoms with Crippen molar-refractivity contribution in [1.29, 1.82) is 0 Å². The Morgan fingerprint density at radius 1 is 1.24 bits per heavy atom. The van der Waals surface area contributed by atoms with Crippen LogP contribution in [0, 0.1) is 0 Å². The van der Waals surface area contributed by atoms with Crippen LogP contribution in [-0.4, -0.2) is 36.5 Å². The highest BCUT2D eigenvalue weighted by Gasteiger charge is 2.18. The van der Waals surface area contributed by atoms with Gasteiger partial charge in [0.05, 0.1) is 6.04 Å². The average molecular weight is 292 g/mol. The van der Waals surface area contributed by atoms with Crippen LogP contribution in [0.5, 0.6) is 0 Å². The molecule has 6 nitrogen and oxygen atoms in total. The number of amides is 3. The maximum Gasteiger partial charge on any atom is 0.316 e. The van der Waals surface area contributed by atoms with Gasteiger partial charge in [0, 0.05) is 25.3 Å². The number of nitrogens with zero attached hydrogens (tertiary/aromatic N) is 1.